The predicted molar refractivity (Wildman–Crippen MR) is 20.1 cm³/mol. The van der Waals surface area contributed by atoms with Crippen LogP contribution in [0.5, 0.6) is 0 Å². The summed E-state index contributed by atoms with van der Waals surface area (Å²) in [5, 5.41) is 0. The zero-order chi connectivity index (χ0) is 6.50. The second-order valence-electron chi connectivity index (χ2n) is 0.513. The maximum Gasteiger partial charge on any atom is 0 e. The van der Waals surface area contributed by atoms with Crippen LogP contribution in [0.15, 0.2) is 0 Å². The van der Waals surface area contributed by atoms with Gasteiger partial charge in [-0.15, -0.1) is 0 Å². The summed E-state index contributed by atoms with van der Waals surface area (Å²) in [5.41, 5.74) is 0. The minimum absolute atomic E-state index is 0. The smallest absolute Gasteiger partial charge is 0 e. The Hall–Kier alpha value is 1.43. The molecule has 0 spiro atoms. The van der Waals surface area contributed by atoms with Gasteiger partial charge in [-0.2, -0.15) is 0 Å². The Morgan fingerprint density at radius 1 is 1.25 bits per heavy atom. The van der Waals surface area contributed by atoms with Gasteiger partial charge in [0.1, 0.15) is 0 Å². The van der Waals surface area contributed by atoms with Crippen molar-refractivity contribution in [3.8, 4) is 0 Å². The molecule has 0 fully saturated rings. The first-order valence-electron chi connectivity index (χ1n) is 0.909. The van der Waals surface area contributed by atoms with Crippen molar-refractivity contribution in [1.82, 2.24) is 0 Å². The second-order valence-corrected chi connectivity index (χ2v) is 1.54. The van der Waals surface area contributed by atoms with E-state index in [-0.39, 0.29) is 17.1 Å². The van der Waals surface area contributed by atoms with Crippen molar-refractivity contribution < 1.29 is 51.1 Å². The van der Waals surface area contributed by atoms with E-state index in [1.165, 1.54) is 0 Å². The Morgan fingerprint density at radius 3 is 1.25 bits per heavy atom. The van der Waals surface area contributed by atoms with Gasteiger partial charge in [-0.3, -0.25) is 0 Å². The van der Waals surface area contributed by atoms with E-state index in [1.807, 2.05) is 0 Å². The fourth-order valence-electron chi connectivity index (χ4n) is 0. The number of hydrogen-bond donors (Lipinski definition) is 3. The van der Waals surface area contributed by atoms with Crippen LogP contribution in [0.25, 0.3) is 0 Å². The van der Waals surface area contributed by atoms with E-state index in [2.05, 4.69) is 25.0 Å². The molecule has 0 aromatic carbocycles. The van der Waals surface area contributed by atoms with Crippen molar-refractivity contribution >= 4 is 18.0 Å². The van der Waals surface area contributed by atoms with Crippen LogP contribution in [0.4, 0.5) is 0 Å². The van der Waals surface area contributed by atoms with Gasteiger partial charge in [-0.05, 0) is 0 Å². The van der Waals surface area contributed by atoms with Crippen molar-refractivity contribution in [3.63, 3.8) is 0 Å². The summed E-state index contributed by atoms with van der Waals surface area (Å²) in [6.07, 6.45) is 0. The van der Waals surface area contributed by atoms with E-state index in [0.29, 0.717) is 0 Å². The molecular weight excluding hydrogens is 244 g/mol. The third-order valence-corrected chi connectivity index (χ3v) is 0. The third kappa shape index (κ3) is 151. The maximum atomic E-state index is 8.88. The summed E-state index contributed by atoms with van der Waals surface area (Å²) in [5.74, 6) is 0. The Morgan fingerprint density at radius 2 is 1.25 bits per heavy atom. The molecule has 0 rings (SSSR count). The van der Waals surface area contributed by atoms with Crippen molar-refractivity contribution in [2.24, 2.45) is 0 Å². The van der Waals surface area contributed by atoms with Gasteiger partial charge in [-0.1, -0.05) is 0 Å². The summed E-state index contributed by atoms with van der Waals surface area (Å²) in [6.45, 7) is 0. The van der Waals surface area contributed by atoms with Crippen molar-refractivity contribution in [1.29, 1.82) is 0 Å². The van der Waals surface area contributed by atoms with E-state index in [0.717, 1.165) is 0 Å². The van der Waals surface area contributed by atoms with Crippen LogP contribution < -0.4 is 0 Å². The van der Waals surface area contributed by atoms with E-state index < -0.39 is 7.82 Å². The van der Waals surface area contributed by atoms with Crippen molar-refractivity contribution in [2.45, 2.75) is 0 Å². The molecule has 0 saturated heterocycles. The monoisotopic (exact) mass is 247 g/mol. The Kier molecular flexibility index (Phi) is 17.1. The molecular formula is H3ClCoMnO4P. The summed E-state index contributed by atoms with van der Waals surface area (Å²) in [4.78, 5) is 21.6. The summed E-state index contributed by atoms with van der Waals surface area (Å²) >= 11 is 3.03. The Balaban J connectivity index is -0.0000000750. The van der Waals surface area contributed by atoms with Gasteiger partial charge in [0.25, 0.3) is 0 Å². The van der Waals surface area contributed by atoms with E-state index in [4.69, 9.17) is 19.2 Å². The molecule has 0 aliphatic rings. The minimum Gasteiger partial charge on any atom is 0 e. The number of hydrogen-bond acceptors (Lipinski definition) is 1. The fourth-order valence-corrected chi connectivity index (χ4v) is 0. The summed E-state index contributed by atoms with van der Waals surface area (Å²) in [6, 6.07) is 0. The molecule has 4 nitrogen and oxygen atoms in total. The van der Waals surface area contributed by atoms with Gasteiger partial charge < -0.3 is 14.7 Å². The van der Waals surface area contributed by atoms with Crippen molar-refractivity contribution in [2.75, 3.05) is 0 Å². The molecule has 0 amide bonds. The van der Waals surface area contributed by atoms with Gasteiger partial charge in [-0.25, -0.2) is 4.57 Å². The molecule has 8 heavy (non-hydrogen) atoms. The van der Waals surface area contributed by atoms with E-state index in [1.54, 1.807) is 0 Å². The fraction of sp³-hybridized carbons (Fsp3) is 0. The van der Waals surface area contributed by atoms with Gasteiger partial charge in [0, 0.05) is 17.1 Å². The zero-order valence-corrected chi connectivity index (χ0v) is 7.16. The van der Waals surface area contributed by atoms with Gasteiger partial charge in [0.15, 0.2) is 0 Å². The Labute approximate surface area is 69.2 Å². The Bertz CT molecular complexity index is 62.2. The molecule has 55 valence electrons. The van der Waals surface area contributed by atoms with Crippen molar-refractivity contribution in [3.05, 3.63) is 0 Å². The van der Waals surface area contributed by atoms with Crippen LogP contribution in [-0.4, -0.2) is 14.7 Å². The molecule has 0 aromatic heterocycles. The SMILES string of the molecule is O=P(O)(O)O.[Cl][Co].[Mn]. The number of rotatable bonds is 0. The molecule has 0 unspecified atom stereocenters. The molecule has 0 aromatic rings. The van der Waals surface area contributed by atoms with Crippen LogP contribution in [-0.2, 0) is 36.5 Å². The van der Waals surface area contributed by atoms with E-state index in [9.17, 15) is 0 Å². The molecule has 1 radical (unpaired) electrons. The molecule has 0 aliphatic carbocycles. The standard InChI is InChI=1S/ClH.Co.Mn.H3O4P/c;;;1-5(2,3)4/h1H;;;(H3,1,2,3,4)/q;+1;;/p-1. The van der Waals surface area contributed by atoms with Gasteiger partial charge in [0.05, 0.1) is 0 Å². The number of halogens is 1. The summed E-state index contributed by atoms with van der Waals surface area (Å²) < 4.78 is 8.88. The molecule has 0 bridgehead atoms. The molecule has 3 N–H and O–H groups in total. The largest absolute Gasteiger partial charge is 0 e. The molecule has 8 heteroatoms. The maximum absolute atomic E-state index is 8.88. The molecule has 0 atom stereocenters. The third-order valence-electron chi connectivity index (χ3n) is 0. The average molecular weight is 247 g/mol. The average Bonchev–Trinajstić information content (AvgIpc) is 1.36. The van der Waals surface area contributed by atoms with Crippen LogP contribution in [0.2, 0.25) is 0 Å². The van der Waals surface area contributed by atoms with Gasteiger partial charge in [0.2, 0.25) is 0 Å². The predicted octanol–water partition coefficient (Wildman–Crippen LogP) is -0.244. The summed E-state index contributed by atoms with van der Waals surface area (Å²) in [7, 11) is -0.313. The van der Waals surface area contributed by atoms with E-state index >= 15 is 0 Å². The quantitative estimate of drug-likeness (QED) is 0.408. The van der Waals surface area contributed by atoms with Gasteiger partial charge >= 0.3 is 32.8 Å². The van der Waals surface area contributed by atoms with Crippen LogP contribution in [0.1, 0.15) is 0 Å². The normalized spacial score (nSPS) is 8.25. The van der Waals surface area contributed by atoms with Crippen LogP contribution in [0, 0.1) is 0 Å². The first kappa shape index (κ1) is 16.2. The minimum atomic E-state index is -4.64. The molecule has 0 saturated carbocycles. The topological polar surface area (TPSA) is 77.8 Å². The molecule has 0 heterocycles. The first-order chi connectivity index (χ1) is 3.00. The molecule has 0 aliphatic heterocycles. The van der Waals surface area contributed by atoms with Crippen LogP contribution >= 0.6 is 18.0 Å². The zero-order valence-electron chi connectivity index (χ0n) is 3.29. The second kappa shape index (κ2) is 8.43. The van der Waals surface area contributed by atoms with Crippen LogP contribution in [0.3, 0.4) is 0 Å². The first-order valence-corrected chi connectivity index (χ1v) is 3.91. The number of phosphoric acid groups is 1.